The second-order valence-electron chi connectivity index (χ2n) is 3.94. The predicted molar refractivity (Wildman–Crippen MR) is 63.8 cm³/mol. The van der Waals surface area contributed by atoms with Gasteiger partial charge in [0.25, 0.3) is 0 Å². The Bertz CT molecular complexity index is 334. The Morgan fingerprint density at radius 3 is 2.73 bits per heavy atom. The lowest BCUT2D eigenvalue weighted by Crippen LogP contribution is -1.90. The third-order valence-electron chi connectivity index (χ3n) is 2.64. The summed E-state index contributed by atoms with van der Waals surface area (Å²) in [6, 6.07) is 5.72. The molecule has 0 aliphatic carbocycles. The van der Waals surface area contributed by atoms with Crippen LogP contribution in [0.15, 0.2) is 18.2 Å². The van der Waals surface area contributed by atoms with Crippen LogP contribution in [-0.4, -0.2) is 12.7 Å². The Morgan fingerprint density at radius 2 is 2.07 bits per heavy atom. The fraction of sp³-hybridized carbons (Fsp3) is 0.500. The van der Waals surface area contributed by atoms with Crippen LogP contribution in [0.2, 0.25) is 10.0 Å². The van der Waals surface area contributed by atoms with E-state index in [2.05, 4.69) is 0 Å². The molecule has 1 aromatic carbocycles. The van der Waals surface area contributed by atoms with Crippen molar-refractivity contribution in [3.8, 4) is 0 Å². The number of rotatable bonds is 5. The molecule has 1 heterocycles. The quantitative estimate of drug-likeness (QED) is 0.561. The van der Waals surface area contributed by atoms with Gasteiger partial charge in [-0.05, 0) is 37.0 Å². The van der Waals surface area contributed by atoms with Gasteiger partial charge in [0, 0.05) is 10.0 Å². The predicted octanol–water partition coefficient (Wildman–Crippen LogP) is 4.11. The molecular formula is C12H14Cl2O. The number of halogens is 2. The summed E-state index contributed by atoms with van der Waals surface area (Å²) in [6.45, 7) is 0.960. The topological polar surface area (TPSA) is 12.5 Å². The minimum atomic E-state index is 0.547. The first kappa shape index (κ1) is 11.3. The van der Waals surface area contributed by atoms with E-state index in [0.717, 1.165) is 18.1 Å². The molecule has 0 amide bonds. The third-order valence-corrected chi connectivity index (χ3v) is 3.23. The number of unbranched alkanes of at least 4 members (excludes halogenated alkanes) is 1. The van der Waals surface area contributed by atoms with Crippen molar-refractivity contribution in [3.63, 3.8) is 0 Å². The molecule has 0 radical (unpaired) electrons. The monoisotopic (exact) mass is 244 g/mol. The Hall–Kier alpha value is -0.240. The molecule has 2 rings (SSSR count). The van der Waals surface area contributed by atoms with Crippen molar-refractivity contribution in [2.45, 2.75) is 31.8 Å². The first-order valence-corrected chi connectivity index (χ1v) is 6.07. The van der Waals surface area contributed by atoms with E-state index >= 15 is 0 Å². The van der Waals surface area contributed by atoms with Crippen molar-refractivity contribution in [3.05, 3.63) is 33.8 Å². The van der Waals surface area contributed by atoms with E-state index < -0.39 is 0 Å². The van der Waals surface area contributed by atoms with Gasteiger partial charge >= 0.3 is 0 Å². The van der Waals surface area contributed by atoms with Gasteiger partial charge in [0.2, 0.25) is 0 Å². The van der Waals surface area contributed by atoms with Crippen molar-refractivity contribution in [2.75, 3.05) is 6.61 Å². The van der Waals surface area contributed by atoms with E-state index in [0.29, 0.717) is 11.1 Å². The van der Waals surface area contributed by atoms with Crippen LogP contribution in [0.25, 0.3) is 0 Å². The van der Waals surface area contributed by atoms with Crippen molar-refractivity contribution < 1.29 is 4.74 Å². The molecule has 1 saturated heterocycles. The summed E-state index contributed by atoms with van der Waals surface area (Å²) in [5, 5.41) is 1.49. The molecule has 1 fully saturated rings. The Balaban J connectivity index is 1.76. The largest absolute Gasteiger partial charge is 0.373 e. The smallest absolute Gasteiger partial charge is 0.0810 e. The fourth-order valence-electron chi connectivity index (χ4n) is 1.65. The summed E-state index contributed by atoms with van der Waals surface area (Å²) in [5.41, 5.74) is 1.19. The molecule has 1 unspecified atom stereocenters. The van der Waals surface area contributed by atoms with Gasteiger partial charge in [0.05, 0.1) is 12.7 Å². The van der Waals surface area contributed by atoms with E-state index in [9.17, 15) is 0 Å². The maximum Gasteiger partial charge on any atom is 0.0810 e. The standard InChI is InChI=1S/C12H14Cl2O/c13-10-6-5-9(12(14)7-10)3-1-2-4-11-8-15-11/h5-7,11H,1-4,8H2. The van der Waals surface area contributed by atoms with Crippen LogP contribution < -0.4 is 0 Å². The summed E-state index contributed by atoms with van der Waals surface area (Å²) in [7, 11) is 0. The highest BCUT2D eigenvalue weighted by atomic mass is 35.5. The number of benzene rings is 1. The summed E-state index contributed by atoms with van der Waals surface area (Å²) in [5.74, 6) is 0. The van der Waals surface area contributed by atoms with Crippen LogP contribution >= 0.6 is 23.2 Å². The minimum absolute atomic E-state index is 0.547. The summed E-state index contributed by atoms with van der Waals surface area (Å²) in [6.07, 6.45) is 5.14. The second-order valence-corrected chi connectivity index (χ2v) is 4.78. The van der Waals surface area contributed by atoms with E-state index in [1.807, 2.05) is 18.2 Å². The summed E-state index contributed by atoms with van der Waals surface area (Å²) in [4.78, 5) is 0. The number of hydrogen-bond donors (Lipinski definition) is 0. The van der Waals surface area contributed by atoms with Gasteiger partial charge in [-0.1, -0.05) is 35.7 Å². The third kappa shape index (κ3) is 3.67. The van der Waals surface area contributed by atoms with Gasteiger partial charge < -0.3 is 4.74 Å². The molecule has 0 saturated carbocycles. The van der Waals surface area contributed by atoms with Crippen molar-refractivity contribution in [1.82, 2.24) is 0 Å². The van der Waals surface area contributed by atoms with Crippen LogP contribution in [0.4, 0.5) is 0 Å². The molecule has 0 aromatic heterocycles. The van der Waals surface area contributed by atoms with Gasteiger partial charge in [0.15, 0.2) is 0 Å². The number of aryl methyl sites for hydroxylation is 1. The average molecular weight is 245 g/mol. The summed E-state index contributed by atoms with van der Waals surface area (Å²) < 4.78 is 5.16. The molecule has 15 heavy (non-hydrogen) atoms. The molecule has 1 nitrogen and oxygen atoms in total. The zero-order chi connectivity index (χ0) is 10.7. The number of hydrogen-bond acceptors (Lipinski definition) is 1. The highest BCUT2D eigenvalue weighted by Gasteiger charge is 2.20. The molecule has 3 heteroatoms. The van der Waals surface area contributed by atoms with Crippen LogP contribution in [-0.2, 0) is 11.2 Å². The normalized spacial score (nSPS) is 19.2. The van der Waals surface area contributed by atoms with Crippen LogP contribution in [0.3, 0.4) is 0 Å². The second kappa shape index (κ2) is 5.20. The van der Waals surface area contributed by atoms with Crippen LogP contribution in [0, 0.1) is 0 Å². The summed E-state index contributed by atoms with van der Waals surface area (Å²) >= 11 is 11.9. The Kier molecular flexibility index (Phi) is 3.90. The van der Waals surface area contributed by atoms with E-state index in [4.69, 9.17) is 27.9 Å². The maximum atomic E-state index is 6.07. The van der Waals surface area contributed by atoms with E-state index in [1.54, 1.807) is 0 Å². The van der Waals surface area contributed by atoms with E-state index in [-0.39, 0.29) is 0 Å². The van der Waals surface area contributed by atoms with Crippen LogP contribution in [0.1, 0.15) is 24.8 Å². The van der Waals surface area contributed by atoms with Gasteiger partial charge in [0.1, 0.15) is 0 Å². The molecule has 82 valence electrons. The van der Waals surface area contributed by atoms with Gasteiger partial charge in [-0.3, -0.25) is 0 Å². The maximum absolute atomic E-state index is 6.07. The lowest BCUT2D eigenvalue weighted by atomic mass is 10.1. The van der Waals surface area contributed by atoms with Gasteiger partial charge in [-0.2, -0.15) is 0 Å². The van der Waals surface area contributed by atoms with Crippen molar-refractivity contribution in [1.29, 1.82) is 0 Å². The Labute approximate surface area is 100 Å². The average Bonchev–Trinajstić information content (AvgIpc) is 2.99. The molecule has 1 aliphatic rings. The zero-order valence-corrected chi connectivity index (χ0v) is 10.0. The molecule has 1 atom stereocenters. The molecular weight excluding hydrogens is 231 g/mol. The zero-order valence-electron chi connectivity index (χ0n) is 8.51. The fourth-order valence-corrected chi connectivity index (χ4v) is 2.15. The van der Waals surface area contributed by atoms with Crippen LogP contribution in [0.5, 0.6) is 0 Å². The lowest BCUT2D eigenvalue weighted by molar-refractivity contribution is 0.389. The van der Waals surface area contributed by atoms with Gasteiger partial charge in [-0.25, -0.2) is 0 Å². The first-order valence-electron chi connectivity index (χ1n) is 5.31. The Morgan fingerprint density at radius 1 is 1.27 bits per heavy atom. The number of ether oxygens (including phenoxy) is 1. The minimum Gasteiger partial charge on any atom is -0.373 e. The molecule has 0 spiro atoms. The van der Waals surface area contributed by atoms with Crippen molar-refractivity contribution >= 4 is 23.2 Å². The lowest BCUT2D eigenvalue weighted by Gasteiger charge is -2.04. The highest BCUT2D eigenvalue weighted by molar-refractivity contribution is 6.35. The molecule has 1 aromatic rings. The van der Waals surface area contributed by atoms with Gasteiger partial charge in [-0.15, -0.1) is 0 Å². The molecule has 1 aliphatic heterocycles. The van der Waals surface area contributed by atoms with Crippen molar-refractivity contribution in [2.24, 2.45) is 0 Å². The first-order chi connectivity index (χ1) is 7.25. The molecule has 0 N–H and O–H groups in total. The number of epoxide rings is 1. The van der Waals surface area contributed by atoms with E-state index in [1.165, 1.54) is 24.8 Å². The SMILES string of the molecule is Clc1ccc(CCCCC2CO2)c(Cl)c1. The highest BCUT2D eigenvalue weighted by Crippen LogP contribution is 2.23. The molecule has 0 bridgehead atoms.